The number of hydrogen-bond donors (Lipinski definition) is 1. The monoisotopic (exact) mass is 276 g/mol. The number of rotatable bonds is 7. The van der Waals surface area contributed by atoms with Crippen molar-refractivity contribution >= 4 is 0 Å². The Labute approximate surface area is 121 Å². The van der Waals surface area contributed by atoms with E-state index in [1.54, 1.807) is 0 Å². The van der Waals surface area contributed by atoms with Crippen LogP contribution in [-0.2, 0) is 0 Å². The molecule has 1 aliphatic heterocycles. The van der Waals surface area contributed by atoms with Gasteiger partial charge in [-0.05, 0) is 42.5 Å². The van der Waals surface area contributed by atoms with Crippen LogP contribution < -0.4 is 9.47 Å². The molecule has 0 aliphatic carbocycles. The van der Waals surface area contributed by atoms with Gasteiger partial charge in [-0.1, -0.05) is 38.8 Å². The van der Waals surface area contributed by atoms with Gasteiger partial charge in [-0.15, -0.1) is 0 Å². The highest BCUT2D eigenvalue weighted by molar-refractivity contribution is 5.46. The summed E-state index contributed by atoms with van der Waals surface area (Å²) in [5.74, 6) is 1.49. The van der Waals surface area contributed by atoms with Crippen LogP contribution in [0, 0.1) is 0 Å². The van der Waals surface area contributed by atoms with E-state index in [0.717, 1.165) is 54.7 Å². The lowest BCUT2D eigenvalue weighted by Gasteiger charge is -2.16. The average molecular weight is 276 g/mol. The third-order valence-corrected chi connectivity index (χ3v) is 3.58. The van der Waals surface area contributed by atoms with Crippen LogP contribution in [0.25, 0.3) is 0 Å². The van der Waals surface area contributed by atoms with E-state index in [2.05, 4.69) is 19.9 Å². The van der Waals surface area contributed by atoms with Crippen LogP contribution in [0.2, 0.25) is 0 Å². The van der Waals surface area contributed by atoms with Gasteiger partial charge in [0.15, 0.2) is 11.5 Å². The van der Waals surface area contributed by atoms with Crippen LogP contribution in [-0.4, -0.2) is 11.9 Å². The molecule has 1 aromatic carbocycles. The van der Waals surface area contributed by atoms with E-state index >= 15 is 0 Å². The van der Waals surface area contributed by atoms with Crippen molar-refractivity contribution in [3.05, 3.63) is 35.4 Å². The summed E-state index contributed by atoms with van der Waals surface area (Å²) in [6, 6.07) is 5.68. The third-order valence-electron chi connectivity index (χ3n) is 3.58. The number of allylic oxidation sites excluding steroid dienone is 1. The molecule has 0 saturated heterocycles. The average Bonchev–Trinajstić information content (AvgIpc) is 2.94. The molecule has 0 bridgehead atoms. The first kappa shape index (κ1) is 14.9. The Balaban J connectivity index is 2.15. The first-order valence-corrected chi connectivity index (χ1v) is 7.52. The van der Waals surface area contributed by atoms with E-state index in [1.165, 1.54) is 0 Å². The van der Waals surface area contributed by atoms with E-state index in [1.807, 2.05) is 18.2 Å². The molecule has 0 saturated carbocycles. The number of aliphatic hydroxyl groups is 1. The highest BCUT2D eigenvalue weighted by atomic mass is 16.7. The summed E-state index contributed by atoms with van der Waals surface area (Å²) in [5.41, 5.74) is 2.00. The van der Waals surface area contributed by atoms with Crippen molar-refractivity contribution in [2.45, 2.75) is 52.1 Å². The third kappa shape index (κ3) is 3.54. The minimum absolute atomic E-state index is 0.267. The lowest BCUT2D eigenvalue weighted by atomic mass is 9.95. The zero-order valence-corrected chi connectivity index (χ0v) is 12.4. The molecule has 0 fully saturated rings. The van der Waals surface area contributed by atoms with Gasteiger partial charge in [-0.25, -0.2) is 0 Å². The molecule has 1 N–H and O–H groups in total. The number of aliphatic hydroxyl groups excluding tert-OH is 1. The standard InChI is InChI=1S/C17H24O3/c1-3-5-7-13(8-6-4-2)17(18)14-9-10-15-16(11-14)20-12-19-15/h7,9-11,17-18H,3-6,8,12H2,1-2H3/b13-7+. The summed E-state index contributed by atoms with van der Waals surface area (Å²) >= 11 is 0. The Kier molecular flexibility index (Phi) is 5.48. The maximum absolute atomic E-state index is 10.6. The van der Waals surface area contributed by atoms with Crippen molar-refractivity contribution in [2.24, 2.45) is 0 Å². The van der Waals surface area contributed by atoms with Crippen LogP contribution in [0.1, 0.15) is 57.6 Å². The fraction of sp³-hybridized carbons (Fsp3) is 0.529. The smallest absolute Gasteiger partial charge is 0.231 e. The Morgan fingerprint density at radius 3 is 2.80 bits per heavy atom. The van der Waals surface area contributed by atoms with Gasteiger partial charge in [0, 0.05) is 0 Å². The maximum Gasteiger partial charge on any atom is 0.231 e. The van der Waals surface area contributed by atoms with Gasteiger partial charge in [0.25, 0.3) is 0 Å². The van der Waals surface area contributed by atoms with Crippen molar-refractivity contribution in [1.29, 1.82) is 0 Å². The maximum atomic E-state index is 10.6. The molecule has 20 heavy (non-hydrogen) atoms. The molecule has 3 nitrogen and oxygen atoms in total. The number of unbranched alkanes of at least 4 members (excludes halogenated alkanes) is 2. The number of fused-ring (bicyclic) bond motifs is 1. The number of hydrogen-bond acceptors (Lipinski definition) is 3. The molecule has 0 amide bonds. The van der Waals surface area contributed by atoms with Crippen molar-refractivity contribution in [3.63, 3.8) is 0 Å². The largest absolute Gasteiger partial charge is 0.454 e. The summed E-state index contributed by atoms with van der Waals surface area (Å²) in [6.07, 6.45) is 6.96. The second-order valence-electron chi connectivity index (χ2n) is 5.19. The van der Waals surface area contributed by atoms with Crippen LogP contribution in [0.4, 0.5) is 0 Å². The van der Waals surface area contributed by atoms with E-state index in [9.17, 15) is 5.11 Å². The topological polar surface area (TPSA) is 38.7 Å². The van der Waals surface area contributed by atoms with Gasteiger partial charge >= 0.3 is 0 Å². The Morgan fingerprint density at radius 1 is 1.25 bits per heavy atom. The minimum Gasteiger partial charge on any atom is -0.454 e. The first-order chi connectivity index (χ1) is 9.76. The summed E-state index contributed by atoms with van der Waals surface area (Å²) in [6.45, 7) is 4.59. The second kappa shape index (κ2) is 7.34. The number of ether oxygens (including phenoxy) is 2. The molecule has 3 heteroatoms. The van der Waals surface area contributed by atoms with Crippen molar-refractivity contribution in [1.82, 2.24) is 0 Å². The van der Waals surface area contributed by atoms with E-state index in [4.69, 9.17) is 9.47 Å². The molecule has 1 unspecified atom stereocenters. The SMILES string of the molecule is CCC/C=C(\CCCC)C(O)c1ccc2c(c1)OCO2. The van der Waals surface area contributed by atoms with Crippen LogP contribution >= 0.6 is 0 Å². The Morgan fingerprint density at radius 2 is 2.05 bits per heavy atom. The molecule has 1 atom stereocenters. The highest BCUT2D eigenvalue weighted by Gasteiger charge is 2.18. The van der Waals surface area contributed by atoms with E-state index < -0.39 is 6.10 Å². The quantitative estimate of drug-likeness (QED) is 0.752. The molecular weight excluding hydrogens is 252 g/mol. The predicted octanol–water partition coefficient (Wildman–Crippen LogP) is 4.37. The zero-order chi connectivity index (χ0) is 14.4. The summed E-state index contributed by atoms with van der Waals surface area (Å²) in [4.78, 5) is 0. The van der Waals surface area contributed by atoms with Gasteiger partial charge < -0.3 is 14.6 Å². The summed E-state index contributed by atoms with van der Waals surface area (Å²) < 4.78 is 10.7. The first-order valence-electron chi connectivity index (χ1n) is 7.52. The molecule has 0 spiro atoms. The summed E-state index contributed by atoms with van der Waals surface area (Å²) in [5, 5.41) is 10.6. The van der Waals surface area contributed by atoms with Crippen molar-refractivity contribution in [3.8, 4) is 11.5 Å². The van der Waals surface area contributed by atoms with Crippen molar-refractivity contribution < 1.29 is 14.6 Å². The van der Waals surface area contributed by atoms with Gasteiger partial charge in [-0.2, -0.15) is 0 Å². The highest BCUT2D eigenvalue weighted by Crippen LogP contribution is 2.36. The molecule has 0 aromatic heterocycles. The molecule has 0 radical (unpaired) electrons. The minimum atomic E-state index is -0.539. The second-order valence-corrected chi connectivity index (χ2v) is 5.19. The fourth-order valence-corrected chi connectivity index (χ4v) is 2.36. The van der Waals surface area contributed by atoms with Crippen LogP contribution in [0.15, 0.2) is 29.8 Å². The Bertz CT molecular complexity index is 465. The van der Waals surface area contributed by atoms with Gasteiger partial charge in [-0.3, -0.25) is 0 Å². The van der Waals surface area contributed by atoms with Gasteiger partial charge in [0.05, 0.1) is 0 Å². The molecule has 2 rings (SSSR count). The van der Waals surface area contributed by atoms with Crippen molar-refractivity contribution in [2.75, 3.05) is 6.79 Å². The molecule has 1 heterocycles. The number of benzene rings is 1. The summed E-state index contributed by atoms with van der Waals surface area (Å²) in [7, 11) is 0. The Hall–Kier alpha value is -1.48. The molecule has 1 aromatic rings. The van der Waals surface area contributed by atoms with Gasteiger partial charge in [0.2, 0.25) is 6.79 Å². The molecule has 110 valence electrons. The fourth-order valence-electron chi connectivity index (χ4n) is 2.36. The van der Waals surface area contributed by atoms with Gasteiger partial charge in [0.1, 0.15) is 6.10 Å². The normalized spacial score (nSPS) is 15.4. The predicted molar refractivity (Wildman–Crippen MR) is 80.0 cm³/mol. The molecule has 1 aliphatic rings. The lowest BCUT2D eigenvalue weighted by molar-refractivity contribution is 0.173. The lowest BCUT2D eigenvalue weighted by Crippen LogP contribution is -2.02. The van der Waals surface area contributed by atoms with Crippen LogP contribution in [0.5, 0.6) is 11.5 Å². The van der Waals surface area contributed by atoms with E-state index in [0.29, 0.717) is 0 Å². The van der Waals surface area contributed by atoms with E-state index in [-0.39, 0.29) is 6.79 Å². The van der Waals surface area contributed by atoms with Crippen LogP contribution in [0.3, 0.4) is 0 Å². The molecular formula is C17H24O3. The zero-order valence-electron chi connectivity index (χ0n) is 12.4.